The van der Waals surface area contributed by atoms with Crippen molar-refractivity contribution in [2.24, 2.45) is 5.73 Å². The summed E-state index contributed by atoms with van der Waals surface area (Å²) in [6.45, 7) is 5.32. The van der Waals surface area contributed by atoms with Crippen LogP contribution in [0.15, 0.2) is 19.5 Å². The van der Waals surface area contributed by atoms with Crippen LogP contribution in [-0.4, -0.2) is 31.8 Å². The molecule has 0 bridgehead atoms. The van der Waals surface area contributed by atoms with Gasteiger partial charge in [-0.1, -0.05) is 6.92 Å². The molecule has 10 heteroatoms. The van der Waals surface area contributed by atoms with Crippen LogP contribution >= 0.6 is 12.6 Å². The molecule has 26 heavy (non-hydrogen) atoms. The van der Waals surface area contributed by atoms with E-state index in [0.29, 0.717) is 41.0 Å². The van der Waals surface area contributed by atoms with Gasteiger partial charge in [0.05, 0.1) is 0 Å². The van der Waals surface area contributed by atoms with Crippen LogP contribution in [0.25, 0.3) is 23.2 Å². The van der Waals surface area contributed by atoms with E-state index >= 15 is 0 Å². The molecule has 0 radical (unpaired) electrons. The Labute approximate surface area is 154 Å². The molecule has 0 aliphatic carbocycles. The molecule has 9 nitrogen and oxygen atoms in total. The summed E-state index contributed by atoms with van der Waals surface area (Å²) in [5.74, 6) is 0.690. The summed E-state index contributed by atoms with van der Waals surface area (Å²) in [7, 11) is 0. The van der Waals surface area contributed by atoms with Gasteiger partial charge in [-0.3, -0.25) is 0 Å². The number of hydrogen-bond acceptors (Lipinski definition) is 9. The van der Waals surface area contributed by atoms with Crippen LogP contribution in [0.4, 0.5) is 0 Å². The molecule has 0 aromatic carbocycles. The highest BCUT2D eigenvalue weighted by molar-refractivity contribution is 7.80. The fourth-order valence-corrected chi connectivity index (χ4v) is 2.67. The van der Waals surface area contributed by atoms with Crippen molar-refractivity contribution in [1.82, 2.24) is 15.0 Å². The first-order chi connectivity index (χ1) is 12.3. The first-order valence-corrected chi connectivity index (χ1v) is 8.47. The second kappa shape index (κ2) is 6.61. The third-order valence-electron chi connectivity index (χ3n) is 4.06. The largest absolute Gasteiger partial charge is 0.476 e. The predicted molar refractivity (Wildman–Crippen MR) is 93.9 cm³/mol. The molecule has 0 amide bonds. The molecule has 0 aliphatic rings. The molecule has 0 spiro atoms. The number of nitrogens with zero attached hydrogens (tertiary/aromatic N) is 3. The highest BCUT2D eigenvalue weighted by Gasteiger charge is 2.32. The number of aromatic carboxylic acids is 1. The molecule has 0 saturated heterocycles. The van der Waals surface area contributed by atoms with E-state index in [1.807, 2.05) is 6.92 Å². The van der Waals surface area contributed by atoms with E-state index in [2.05, 4.69) is 27.6 Å². The number of hydrogen-bond donors (Lipinski definition) is 3. The molecular formula is C16H18N4O5S. The lowest BCUT2D eigenvalue weighted by atomic mass is 10.0. The minimum absolute atomic E-state index is 0.0494. The summed E-state index contributed by atoms with van der Waals surface area (Å²) in [5, 5.41) is 8.95. The van der Waals surface area contributed by atoms with Crippen LogP contribution in [0.3, 0.4) is 0 Å². The zero-order valence-corrected chi connectivity index (χ0v) is 15.3. The topological polar surface area (TPSA) is 141 Å². The first kappa shape index (κ1) is 18.2. The van der Waals surface area contributed by atoms with Gasteiger partial charge in [0.1, 0.15) is 23.3 Å². The maximum Gasteiger partial charge on any atom is 0.357 e. The lowest BCUT2D eigenvalue weighted by Crippen LogP contribution is -2.38. The maximum atomic E-state index is 10.9. The van der Waals surface area contributed by atoms with E-state index in [1.54, 1.807) is 13.8 Å². The number of thiol groups is 1. The van der Waals surface area contributed by atoms with Crippen LogP contribution in [0, 0.1) is 13.8 Å². The molecule has 3 heterocycles. The van der Waals surface area contributed by atoms with Gasteiger partial charge in [-0.05, 0) is 20.3 Å². The van der Waals surface area contributed by atoms with Crippen LogP contribution in [0.5, 0.6) is 0 Å². The van der Waals surface area contributed by atoms with Crippen molar-refractivity contribution >= 4 is 18.6 Å². The van der Waals surface area contributed by atoms with Gasteiger partial charge in [0.15, 0.2) is 17.1 Å². The Morgan fingerprint density at radius 2 is 1.85 bits per heavy atom. The van der Waals surface area contributed by atoms with Gasteiger partial charge in [-0.15, -0.1) is 0 Å². The van der Waals surface area contributed by atoms with Crippen LogP contribution in [0.1, 0.15) is 41.2 Å². The minimum atomic E-state index is -1.19. The van der Waals surface area contributed by atoms with Crippen LogP contribution in [0.2, 0.25) is 0 Å². The number of aromatic nitrogens is 3. The molecule has 3 aromatic rings. The van der Waals surface area contributed by atoms with Gasteiger partial charge >= 0.3 is 5.97 Å². The van der Waals surface area contributed by atoms with E-state index in [0.717, 1.165) is 6.26 Å². The van der Waals surface area contributed by atoms with Crippen molar-refractivity contribution in [3.05, 3.63) is 29.4 Å². The Morgan fingerprint density at radius 1 is 1.19 bits per heavy atom. The number of aryl methyl sites for hydroxylation is 2. The highest BCUT2D eigenvalue weighted by atomic mass is 32.1. The quantitative estimate of drug-likeness (QED) is 0.552. The van der Waals surface area contributed by atoms with Crippen LogP contribution in [-0.2, 0) is 5.54 Å². The summed E-state index contributed by atoms with van der Waals surface area (Å²) in [4.78, 5) is 23.6. The molecule has 3 N–H and O–H groups in total. The number of carboxylic acid groups (broad SMARTS) is 1. The Bertz CT molecular complexity index is 954. The van der Waals surface area contributed by atoms with Gasteiger partial charge in [-0.2, -0.15) is 12.6 Å². The molecule has 1 atom stereocenters. The fourth-order valence-electron chi connectivity index (χ4n) is 2.32. The lowest BCUT2D eigenvalue weighted by molar-refractivity contribution is 0.0690. The van der Waals surface area contributed by atoms with E-state index in [4.69, 9.17) is 24.1 Å². The molecule has 0 aliphatic heterocycles. The molecule has 0 saturated carbocycles. The van der Waals surface area contributed by atoms with Gasteiger partial charge in [0, 0.05) is 5.75 Å². The number of oxazole rings is 3. The Balaban J connectivity index is 2.01. The molecule has 0 fully saturated rings. The number of carbonyl (C=O) groups is 1. The second-order valence-corrected chi connectivity index (χ2v) is 6.17. The van der Waals surface area contributed by atoms with Crippen molar-refractivity contribution in [2.45, 2.75) is 32.7 Å². The van der Waals surface area contributed by atoms with Gasteiger partial charge in [0.25, 0.3) is 0 Å². The zero-order chi connectivity index (χ0) is 19.1. The second-order valence-electron chi connectivity index (χ2n) is 5.86. The number of carboxylic acids is 1. The maximum absolute atomic E-state index is 10.9. The average Bonchev–Trinajstić information content (AvgIpc) is 3.32. The Morgan fingerprint density at radius 3 is 2.42 bits per heavy atom. The highest BCUT2D eigenvalue weighted by Crippen LogP contribution is 2.32. The summed E-state index contributed by atoms with van der Waals surface area (Å²) >= 11 is 4.28. The van der Waals surface area contributed by atoms with E-state index < -0.39 is 11.5 Å². The summed E-state index contributed by atoms with van der Waals surface area (Å²) < 4.78 is 16.5. The van der Waals surface area contributed by atoms with Crippen molar-refractivity contribution < 1.29 is 23.2 Å². The lowest BCUT2D eigenvalue weighted by Gasteiger charge is -2.21. The third kappa shape index (κ3) is 3.01. The number of rotatable bonds is 6. The molecule has 138 valence electrons. The average molecular weight is 378 g/mol. The molecule has 1 unspecified atom stereocenters. The van der Waals surface area contributed by atoms with Gasteiger partial charge in [0.2, 0.25) is 17.7 Å². The van der Waals surface area contributed by atoms with Gasteiger partial charge in [-0.25, -0.2) is 19.7 Å². The van der Waals surface area contributed by atoms with E-state index in [9.17, 15) is 4.79 Å². The predicted octanol–water partition coefficient (Wildman–Crippen LogP) is 2.79. The summed E-state index contributed by atoms with van der Waals surface area (Å²) in [5.41, 5.74) is 5.96. The Kier molecular flexibility index (Phi) is 4.63. The van der Waals surface area contributed by atoms with Crippen molar-refractivity contribution in [3.8, 4) is 23.2 Å². The monoisotopic (exact) mass is 378 g/mol. The van der Waals surface area contributed by atoms with Gasteiger partial charge < -0.3 is 24.1 Å². The first-order valence-electron chi connectivity index (χ1n) is 7.83. The Hall–Kier alpha value is -2.59. The third-order valence-corrected chi connectivity index (χ3v) is 4.62. The van der Waals surface area contributed by atoms with Crippen molar-refractivity contribution in [3.63, 3.8) is 0 Å². The SMILES string of the molecule is CCC(N)(CS)c1nc(-c2nc(-c3nc(C(=O)O)co3)c(C)o2)c(C)o1. The number of nitrogens with two attached hydrogens (primary N) is 1. The van der Waals surface area contributed by atoms with Crippen molar-refractivity contribution in [2.75, 3.05) is 5.75 Å². The smallest absolute Gasteiger partial charge is 0.357 e. The molecule has 3 rings (SSSR count). The summed E-state index contributed by atoms with van der Waals surface area (Å²) in [6.07, 6.45) is 1.64. The zero-order valence-electron chi connectivity index (χ0n) is 14.4. The van der Waals surface area contributed by atoms with E-state index in [-0.39, 0.29) is 17.5 Å². The normalized spacial score (nSPS) is 13.7. The molecule has 3 aromatic heterocycles. The standard InChI is InChI=1S/C16H18N4O5S/c1-4-16(17,6-26)15-20-11(8(3)25-15)13-19-10(7(2)24-13)12-18-9(5-23-12)14(21)22/h5,26H,4,6,17H2,1-3H3,(H,21,22). The molecular weight excluding hydrogens is 360 g/mol. The van der Waals surface area contributed by atoms with Crippen LogP contribution < -0.4 is 5.73 Å². The minimum Gasteiger partial charge on any atom is -0.476 e. The van der Waals surface area contributed by atoms with E-state index in [1.165, 1.54) is 0 Å². The van der Waals surface area contributed by atoms with Crippen molar-refractivity contribution in [1.29, 1.82) is 0 Å². The fraction of sp³-hybridized carbons (Fsp3) is 0.375. The summed E-state index contributed by atoms with van der Waals surface area (Å²) in [6, 6.07) is 0.